The van der Waals surface area contributed by atoms with Gasteiger partial charge in [0.25, 0.3) is 5.91 Å². The standard InChI is InChI=1S/C19H27N3O/c1-4-19(12-13(2)11-14(19)3)17(23)21-18(20)22-10-9-15-7-5-6-8-16(15)22/h5-8,13-14H,4,9-12H2,1-3H3,(H2,20,21,23). The van der Waals surface area contributed by atoms with Crippen LogP contribution in [0.4, 0.5) is 5.69 Å². The number of para-hydroxylation sites is 1. The first-order valence-electron chi connectivity index (χ1n) is 8.72. The van der Waals surface area contributed by atoms with E-state index in [-0.39, 0.29) is 11.3 Å². The van der Waals surface area contributed by atoms with Crippen molar-refractivity contribution in [1.29, 1.82) is 0 Å². The topological polar surface area (TPSA) is 58.7 Å². The Labute approximate surface area is 138 Å². The second-order valence-electron chi connectivity index (χ2n) is 7.26. The number of benzene rings is 1. The normalized spacial score (nSPS) is 30.6. The van der Waals surface area contributed by atoms with Gasteiger partial charge in [0.1, 0.15) is 0 Å². The maximum Gasteiger partial charge on any atom is 0.255 e. The summed E-state index contributed by atoms with van der Waals surface area (Å²) in [6.45, 7) is 7.31. The van der Waals surface area contributed by atoms with Crippen LogP contribution in [0, 0.1) is 17.3 Å². The third kappa shape index (κ3) is 2.64. The number of carbonyl (C=O) groups is 1. The third-order valence-electron chi connectivity index (χ3n) is 5.85. The summed E-state index contributed by atoms with van der Waals surface area (Å²) in [5.74, 6) is 1.27. The maximum atomic E-state index is 12.9. The van der Waals surface area contributed by atoms with Gasteiger partial charge in [-0.1, -0.05) is 39.0 Å². The van der Waals surface area contributed by atoms with E-state index >= 15 is 0 Å². The van der Waals surface area contributed by atoms with Crippen molar-refractivity contribution in [2.24, 2.45) is 28.0 Å². The second kappa shape index (κ2) is 5.99. The zero-order valence-corrected chi connectivity index (χ0v) is 14.4. The van der Waals surface area contributed by atoms with Gasteiger partial charge in [-0.05, 0) is 49.1 Å². The summed E-state index contributed by atoms with van der Waals surface area (Å²) in [5.41, 5.74) is 8.23. The van der Waals surface area contributed by atoms with Gasteiger partial charge in [-0.3, -0.25) is 4.79 Å². The van der Waals surface area contributed by atoms with E-state index in [2.05, 4.69) is 31.8 Å². The number of hydrogen-bond donors (Lipinski definition) is 1. The molecule has 4 nitrogen and oxygen atoms in total. The summed E-state index contributed by atoms with van der Waals surface area (Å²) < 4.78 is 0. The highest BCUT2D eigenvalue weighted by Crippen LogP contribution is 2.49. The fourth-order valence-electron chi connectivity index (χ4n) is 4.53. The SMILES string of the molecule is CCC1(C(=O)N=C(N)N2CCc3ccccc32)CC(C)CC1C. The minimum atomic E-state index is -0.330. The number of amides is 1. The highest BCUT2D eigenvalue weighted by molar-refractivity contribution is 6.04. The van der Waals surface area contributed by atoms with Gasteiger partial charge < -0.3 is 10.6 Å². The average molecular weight is 313 g/mol. The molecule has 0 radical (unpaired) electrons. The molecule has 1 amide bonds. The van der Waals surface area contributed by atoms with Gasteiger partial charge in [-0.15, -0.1) is 0 Å². The Morgan fingerprint density at radius 2 is 2.13 bits per heavy atom. The van der Waals surface area contributed by atoms with E-state index in [1.807, 2.05) is 23.1 Å². The molecule has 3 unspecified atom stereocenters. The molecule has 1 saturated carbocycles. The van der Waals surface area contributed by atoms with E-state index in [0.717, 1.165) is 37.9 Å². The van der Waals surface area contributed by atoms with Gasteiger partial charge in [0, 0.05) is 12.2 Å². The van der Waals surface area contributed by atoms with Crippen molar-refractivity contribution in [1.82, 2.24) is 0 Å². The molecular weight excluding hydrogens is 286 g/mol. The first kappa shape index (κ1) is 16.0. The fourth-order valence-corrected chi connectivity index (χ4v) is 4.53. The number of rotatable bonds is 2. The number of aliphatic imine (C=N–C) groups is 1. The number of nitrogens with zero attached hydrogens (tertiary/aromatic N) is 2. The Hall–Kier alpha value is -1.84. The predicted octanol–water partition coefficient (Wildman–Crippen LogP) is 3.35. The molecule has 2 N–H and O–H groups in total. The minimum absolute atomic E-state index is 0.0290. The molecule has 1 fully saturated rings. The Balaban J connectivity index is 1.85. The van der Waals surface area contributed by atoms with Crippen LogP contribution in [0.2, 0.25) is 0 Å². The molecule has 1 aliphatic carbocycles. The van der Waals surface area contributed by atoms with Crippen LogP contribution in [0.3, 0.4) is 0 Å². The number of guanidine groups is 1. The number of hydrogen-bond acceptors (Lipinski definition) is 1. The molecule has 2 aliphatic rings. The largest absolute Gasteiger partial charge is 0.369 e. The Morgan fingerprint density at radius 1 is 1.39 bits per heavy atom. The van der Waals surface area contributed by atoms with E-state index in [9.17, 15) is 4.79 Å². The number of nitrogens with two attached hydrogens (primary N) is 1. The molecule has 4 heteroatoms. The monoisotopic (exact) mass is 313 g/mol. The highest BCUT2D eigenvalue weighted by Gasteiger charge is 2.48. The Bertz CT molecular complexity index is 639. The van der Waals surface area contributed by atoms with E-state index in [1.54, 1.807) is 0 Å². The molecule has 0 saturated heterocycles. The molecule has 1 heterocycles. The van der Waals surface area contributed by atoms with Gasteiger partial charge in [-0.2, -0.15) is 4.99 Å². The first-order chi connectivity index (χ1) is 11.0. The van der Waals surface area contributed by atoms with Gasteiger partial charge in [0.05, 0.1) is 5.41 Å². The lowest BCUT2D eigenvalue weighted by molar-refractivity contribution is -0.129. The molecule has 1 aromatic rings. The summed E-state index contributed by atoms with van der Waals surface area (Å²) >= 11 is 0. The summed E-state index contributed by atoms with van der Waals surface area (Å²) in [4.78, 5) is 19.3. The highest BCUT2D eigenvalue weighted by atomic mass is 16.1. The molecule has 124 valence electrons. The minimum Gasteiger partial charge on any atom is -0.369 e. The van der Waals surface area contributed by atoms with Crippen molar-refractivity contribution in [2.75, 3.05) is 11.4 Å². The Morgan fingerprint density at radius 3 is 2.78 bits per heavy atom. The van der Waals surface area contributed by atoms with Crippen molar-refractivity contribution >= 4 is 17.6 Å². The molecule has 0 spiro atoms. The Kier molecular flexibility index (Phi) is 4.17. The number of fused-ring (bicyclic) bond motifs is 1. The quantitative estimate of drug-likeness (QED) is 0.673. The average Bonchev–Trinajstić information content (AvgIpc) is 3.08. The molecule has 3 atom stereocenters. The maximum absolute atomic E-state index is 12.9. The van der Waals surface area contributed by atoms with E-state index < -0.39 is 0 Å². The summed E-state index contributed by atoms with van der Waals surface area (Å²) in [6.07, 6.45) is 3.82. The van der Waals surface area contributed by atoms with Gasteiger partial charge in [0.15, 0.2) is 0 Å². The lowest BCUT2D eigenvalue weighted by Gasteiger charge is -2.29. The van der Waals surface area contributed by atoms with Crippen molar-refractivity contribution in [3.63, 3.8) is 0 Å². The summed E-state index contributed by atoms with van der Waals surface area (Å²) in [5, 5.41) is 0. The zero-order valence-electron chi connectivity index (χ0n) is 14.4. The van der Waals surface area contributed by atoms with Crippen LogP contribution in [0.15, 0.2) is 29.3 Å². The van der Waals surface area contributed by atoms with Crippen LogP contribution in [0.25, 0.3) is 0 Å². The predicted molar refractivity (Wildman–Crippen MR) is 94.4 cm³/mol. The molecule has 0 bridgehead atoms. The second-order valence-corrected chi connectivity index (χ2v) is 7.26. The van der Waals surface area contributed by atoms with Crippen molar-refractivity contribution in [2.45, 2.75) is 46.5 Å². The molecule has 1 aromatic carbocycles. The van der Waals surface area contributed by atoms with Gasteiger partial charge >= 0.3 is 0 Å². The zero-order chi connectivity index (χ0) is 16.6. The molecule has 23 heavy (non-hydrogen) atoms. The van der Waals surface area contributed by atoms with Crippen molar-refractivity contribution < 1.29 is 4.79 Å². The fraction of sp³-hybridized carbons (Fsp3) is 0.579. The smallest absolute Gasteiger partial charge is 0.255 e. The van der Waals surface area contributed by atoms with E-state index in [1.165, 1.54) is 5.56 Å². The molecular formula is C19H27N3O. The summed E-state index contributed by atoms with van der Waals surface area (Å²) in [6, 6.07) is 8.19. The molecule has 3 rings (SSSR count). The van der Waals surface area contributed by atoms with Crippen molar-refractivity contribution in [3.05, 3.63) is 29.8 Å². The van der Waals surface area contributed by atoms with Gasteiger partial charge in [0.2, 0.25) is 5.96 Å². The first-order valence-corrected chi connectivity index (χ1v) is 8.72. The third-order valence-corrected chi connectivity index (χ3v) is 5.85. The van der Waals surface area contributed by atoms with E-state index in [4.69, 9.17) is 5.73 Å². The number of carbonyl (C=O) groups excluding carboxylic acids is 1. The lowest BCUT2D eigenvalue weighted by atomic mass is 9.75. The van der Waals surface area contributed by atoms with E-state index in [0.29, 0.717) is 17.8 Å². The number of anilines is 1. The molecule has 1 aliphatic heterocycles. The van der Waals surface area contributed by atoms with Crippen LogP contribution < -0.4 is 10.6 Å². The van der Waals surface area contributed by atoms with Crippen LogP contribution >= 0.6 is 0 Å². The van der Waals surface area contributed by atoms with Crippen LogP contribution in [-0.4, -0.2) is 18.4 Å². The van der Waals surface area contributed by atoms with Crippen molar-refractivity contribution in [3.8, 4) is 0 Å². The summed E-state index contributed by atoms with van der Waals surface area (Å²) in [7, 11) is 0. The van der Waals surface area contributed by atoms with Crippen LogP contribution in [-0.2, 0) is 11.2 Å². The van der Waals surface area contributed by atoms with Crippen LogP contribution in [0.5, 0.6) is 0 Å². The van der Waals surface area contributed by atoms with Crippen LogP contribution in [0.1, 0.15) is 45.6 Å². The van der Waals surface area contributed by atoms with Gasteiger partial charge in [-0.25, -0.2) is 0 Å². The molecule has 0 aromatic heterocycles. The lowest BCUT2D eigenvalue weighted by Crippen LogP contribution is -2.40.